The summed E-state index contributed by atoms with van der Waals surface area (Å²) in [6.07, 6.45) is 2.31. The first-order valence-electron chi connectivity index (χ1n) is 9.10. The van der Waals surface area contributed by atoms with Gasteiger partial charge < -0.3 is 10.5 Å². The van der Waals surface area contributed by atoms with Gasteiger partial charge in [0.1, 0.15) is 11.6 Å². The van der Waals surface area contributed by atoms with E-state index in [1.807, 2.05) is 31.2 Å². The Balaban J connectivity index is 1.53. The second-order valence-electron chi connectivity index (χ2n) is 7.09. The number of methoxy groups -OCH3 is 1. The molecular formula is C20H25N5O. The minimum absolute atomic E-state index is 0.400. The summed E-state index contributed by atoms with van der Waals surface area (Å²) in [5, 5.41) is 4.39. The maximum Gasteiger partial charge on any atom is 0.157 e. The van der Waals surface area contributed by atoms with Crippen LogP contribution in [-0.2, 0) is 6.54 Å². The third-order valence-corrected chi connectivity index (χ3v) is 5.06. The summed E-state index contributed by atoms with van der Waals surface area (Å²) < 4.78 is 7.06. The molecule has 1 aliphatic heterocycles. The van der Waals surface area contributed by atoms with E-state index in [1.54, 1.807) is 11.6 Å². The molecule has 0 aliphatic carbocycles. The number of aryl methyl sites for hydroxylation is 1. The van der Waals surface area contributed by atoms with Crippen LogP contribution >= 0.6 is 0 Å². The van der Waals surface area contributed by atoms with Crippen LogP contribution in [0.4, 0.5) is 5.82 Å². The highest BCUT2D eigenvalue weighted by molar-refractivity contribution is 5.48. The molecule has 4 rings (SSSR count). The molecule has 0 bridgehead atoms. The number of aromatic nitrogens is 3. The first-order valence-corrected chi connectivity index (χ1v) is 9.10. The molecule has 26 heavy (non-hydrogen) atoms. The van der Waals surface area contributed by atoms with Gasteiger partial charge >= 0.3 is 0 Å². The number of hydrogen-bond donors (Lipinski definition) is 1. The van der Waals surface area contributed by atoms with Crippen molar-refractivity contribution in [3.8, 4) is 5.75 Å². The van der Waals surface area contributed by atoms with E-state index in [4.69, 9.17) is 15.5 Å². The van der Waals surface area contributed by atoms with Gasteiger partial charge in [0.25, 0.3) is 0 Å². The monoisotopic (exact) mass is 351 g/mol. The predicted molar refractivity (Wildman–Crippen MR) is 102 cm³/mol. The van der Waals surface area contributed by atoms with Crippen LogP contribution in [0, 0.1) is 6.92 Å². The van der Waals surface area contributed by atoms with Crippen molar-refractivity contribution in [1.29, 1.82) is 0 Å². The molecule has 0 saturated carbocycles. The predicted octanol–water partition coefficient (Wildman–Crippen LogP) is 3.01. The second kappa shape index (κ2) is 6.96. The molecule has 0 spiro atoms. The molecule has 136 valence electrons. The zero-order valence-electron chi connectivity index (χ0n) is 15.4. The fourth-order valence-electron chi connectivity index (χ4n) is 3.81. The standard InChI is InChI=1S/C20H25N5O/c1-14-9-20-22-18(11-19(21)25(20)23-14)16-6-4-8-24(13-16)12-15-5-3-7-17(10-15)26-2/h3,5,7,9-11,16H,4,6,8,12-13,21H2,1-2H3/t16-/m1/s1. The zero-order valence-corrected chi connectivity index (χ0v) is 15.4. The van der Waals surface area contributed by atoms with E-state index < -0.39 is 0 Å². The summed E-state index contributed by atoms with van der Waals surface area (Å²) in [6.45, 7) is 4.99. The van der Waals surface area contributed by atoms with Crippen LogP contribution in [0.3, 0.4) is 0 Å². The second-order valence-corrected chi connectivity index (χ2v) is 7.09. The van der Waals surface area contributed by atoms with Crippen molar-refractivity contribution in [1.82, 2.24) is 19.5 Å². The average Bonchev–Trinajstić information content (AvgIpc) is 3.03. The van der Waals surface area contributed by atoms with Crippen LogP contribution in [0.1, 0.15) is 35.7 Å². The molecule has 1 saturated heterocycles. The Kier molecular flexibility index (Phi) is 4.51. The molecule has 0 radical (unpaired) electrons. The van der Waals surface area contributed by atoms with Crippen molar-refractivity contribution in [2.75, 3.05) is 25.9 Å². The molecule has 1 aliphatic rings. The Morgan fingerprint density at radius 2 is 2.15 bits per heavy atom. The lowest BCUT2D eigenvalue weighted by Gasteiger charge is -2.32. The Morgan fingerprint density at radius 3 is 3.00 bits per heavy atom. The molecule has 2 aromatic heterocycles. The highest BCUT2D eigenvalue weighted by Crippen LogP contribution is 2.28. The number of piperidine rings is 1. The van der Waals surface area contributed by atoms with Crippen molar-refractivity contribution in [2.24, 2.45) is 0 Å². The molecule has 2 N–H and O–H groups in total. The van der Waals surface area contributed by atoms with E-state index in [0.29, 0.717) is 11.7 Å². The summed E-state index contributed by atoms with van der Waals surface area (Å²) >= 11 is 0. The van der Waals surface area contributed by atoms with Crippen LogP contribution in [0.15, 0.2) is 36.4 Å². The van der Waals surface area contributed by atoms with E-state index in [0.717, 1.165) is 48.8 Å². The van der Waals surface area contributed by atoms with Crippen LogP contribution in [0.5, 0.6) is 5.75 Å². The van der Waals surface area contributed by atoms with Crippen LogP contribution in [0.2, 0.25) is 0 Å². The highest BCUT2D eigenvalue weighted by Gasteiger charge is 2.23. The average molecular weight is 351 g/mol. The van der Waals surface area contributed by atoms with Gasteiger partial charge in [0, 0.05) is 31.1 Å². The molecule has 3 heterocycles. The third-order valence-electron chi connectivity index (χ3n) is 5.06. The lowest BCUT2D eigenvalue weighted by Crippen LogP contribution is -2.34. The molecular weight excluding hydrogens is 326 g/mol. The first kappa shape index (κ1) is 16.8. The van der Waals surface area contributed by atoms with Gasteiger partial charge in [0.05, 0.1) is 18.5 Å². The number of hydrogen-bond acceptors (Lipinski definition) is 5. The zero-order chi connectivity index (χ0) is 18.1. The van der Waals surface area contributed by atoms with Crippen molar-refractivity contribution in [2.45, 2.75) is 32.2 Å². The minimum Gasteiger partial charge on any atom is -0.497 e. The van der Waals surface area contributed by atoms with E-state index in [1.165, 1.54) is 12.0 Å². The summed E-state index contributed by atoms with van der Waals surface area (Å²) in [7, 11) is 1.71. The van der Waals surface area contributed by atoms with Crippen LogP contribution < -0.4 is 10.5 Å². The Bertz CT molecular complexity index is 920. The Hall–Kier alpha value is -2.60. The summed E-state index contributed by atoms with van der Waals surface area (Å²) in [6, 6.07) is 12.3. The van der Waals surface area contributed by atoms with Crippen molar-refractivity contribution >= 4 is 11.5 Å². The van der Waals surface area contributed by atoms with Gasteiger partial charge in [-0.2, -0.15) is 9.61 Å². The summed E-state index contributed by atoms with van der Waals surface area (Å²) in [4.78, 5) is 7.32. The molecule has 6 nitrogen and oxygen atoms in total. The number of likely N-dealkylation sites (tertiary alicyclic amines) is 1. The molecule has 0 unspecified atom stereocenters. The lowest BCUT2D eigenvalue weighted by atomic mass is 9.94. The van der Waals surface area contributed by atoms with Gasteiger partial charge in [-0.3, -0.25) is 4.90 Å². The van der Waals surface area contributed by atoms with Crippen LogP contribution in [0.25, 0.3) is 5.65 Å². The SMILES string of the molecule is COc1cccc(CN2CCC[C@@H](c3cc(N)n4nc(C)cc4n3)C2)c1. The van der Waals surface area contributed by atoms with Gasteiger partial charge in [-0.25, -0.2) is 4.98 Å². The van der Waals surface area contributed by atoms with E-state index in [-0.39, 0.29) is 0 Å². The molecule has 6 heteroatoms. The van der Waals surface area contributed by atoms with E-state index in [2.05, 4.69) is 22.1 Å². The third kappa shape index (κ3) is 3.37. The largest absolute Gasteiger partial charge is 0.497 e. The minimum atomic E-state index is 0.400. The molecule has 1 atom stereocenters. The normalized spacial score (nSPS) is 18.3. The summed E-state index contributed by atoms with van der Waals surface area (Å²) in [5.41, 5.74) is 10.3. The smallest absolute Gasteiger partial charge is 0.157 e. The number of nitrogens with zero attached hydrogens (tertiary/aromatic N) is 4. The number of anilines is 1. The molecule has 3 aromatic rings. The van der Waals surface area contributed by atoms with Crippen molar-refractivity contribution in [3.05, 3.63) is 53.3 Å². The van der Waals surface area contributed by atoms with Gasteiger partial charge in [-0.05, 0) is 44.0 Å². The van der Waals surface area contributed by atoms with E-state index >= 15 is 0 Å². The van der Waals surface area contributed by atoms with Crippen molar-refractivity contribution in [3.63, 3.8) is 0 Å². The van der Waals surface area contributed by atoms with E-state index in [9.17, 15) is 0 Å². The van der Waals surface area contributed by atoms with Gasteiger partial charge in [-0.1, -0.05) is 12.1 Å². The number of rotatable bonds is 4. The van der Waals surface area contributed by atoms with Gasteiger partial charge in [-0.15, -0.1) is 0 Å². The fourth-order valence-corrected chi connectivity index (χ4v) is 3.81. The summed E-state index contributed by atoms with van der Waals surface area (Å²) in [5.74, 6) is 1.96. The number of ether oxygens (including phenoxy) is 1. The quantitative estimate of drug-likeness (QED) is 0.782. The lowest BCUT2D eigenvalue weighted by molar-refractivity contribution is 0.198. The molecule has 1 fully saturated rings. The number of fused-ring (bicyclic) bond motifs is 1. The number of nitrogen functional groups attached to an aromatic ring is 1. The Labute approximate surface area is 153 Å². The highest BCUT2D eigenvalue weighted by atomic mass is 16.5. The fraction of sp³-hybridized carbons (Fsp3) is 0.400. The maximum absolute atomic E-state index is 6.20. The van der Waals surface area contributed by atoms with Gasteiger partial charge in [0.15, 0.2) is 5.65 Å². The maximum atomic E-state index is 6.20. The van der Waals surface area contributed by atoms with Crippen LogP contribution in [-0.4, -0.2) is 39.7 Å². The molecule has 1 aromatic carbocycles. The number of benzene rings is 1. The first-order chi connectivity index (χ1) is 12.6. The molecule has 0 amide bonds. The Morgan fingerprint density at radius 1 is 1.27 bits per heavy atom. The van der Waals surface area contributed by atoms with Gasteiger partial charge in [0.2, 0.25) is 0 Å². The van der Waals surface area contributed by atoms with Crippen molar-refractivity contribution < 1.29 is 4.74 Å². The number of nitrogens with two attached hydrogens (primary N) is 1. The topological polar surface area (TPSA) is 68.7 Å².